The van der Waals surface area contributed by atoms with Gasteiger partial charge in [0.15, 0.2) is 5.78 Å². The highest BCUT2D eigenvalue weighted by Crippen LogP contribution is 2.36. The summed E-state index contributed by atoms with van der Waals surface area (Å²) in [6.07, 6.45) is 3.54. The Morgan fingerprint density at radius 2 is 1.27 bits per heavy atom. The van der Waals surface area contributed by atoms with Crippen LogP contribution in [-0.4, -0.2) is 5.78 Å². The maximum atomic E-state index is 12.9. The van der Waals surface area contributed by atoms with E-state index in [1.165, 1.54) is 26.9 Å². The summed E-state index contributed by atoms with van der Waals surface area (Å²) in [4.78, 5) is 12.9. The van der Waals surface area contributed by atoms with Crippen molar-refractivity contribution in [2.45, 2.75) is 0 Å². The van der Waals surface area contributed by atoms with Crippen LogP contribution in [0, 0.1) is 0 Å². The summed E-state index contributed by atoms with van der Waals surface area (Å²) in [6.45, 7) is 0. The van der Waals surface area contributed by atoms with E-state index >= 15 is 0 Å². The number of carbonyl (C=O) groups excluding carboxylic acids is 1. The minimum Gasteiger partial charge on any atom is -0.289 e. The van der Waals surface area contributed by atoms with Crippen molar-refractivity contribution in [1.82, 2.24) is 0 Å². The number of hydrogen-bond acceptors (Lipinski definition) is 1. The van der Waals surface area contributed by atoms with Gasteiger partial charge < -0.3 is 0 Å². The van der Waals surface area contributed by atoms with E-state index in [1.807, 2.05) is 42.5 Å². The third-order valence-corrected chi connectivity index (χ3v) is 5.02. The van der Waals surface area contributed by atoms with E-state index in [0.717, 1.165) is 16.5 Å². The van der Waals surface area contributed by atoms with Crippen LogP contribution in [0.2, 0.25) is 0 Å². The van der Waals surface area contributed by atoms with Crippen LogP contribution in [0.3, 0.4) is 0 Å². The molecule has 0 aliphatic carbocycles. The van der Waals surface area contributed by atoms with E-state index in [-0.39, 0.29) is 5.78 Å². The monoisotopic (exact) mass is 332 g/mol. The molecule has 0 radical (unpaired) electrons. The van der Waals surface area contributed by atoms with E-state index in [0.29, 0.717) is 0 Å². The lowest BCUT2D eigenvalue weighted by molar-refractivity contribution is 0.104. The van der Waals surface area contributed by atoms with Gasteiger partial charge in [-0.05, 0) is 50.0 Å². The van der Waals surface area contributed by atoms with E-state index < -0.39 is 0 Å². The molecule has 0 heterocycles. The normalized spacial score (nSPS) is 11.8. The molecular formula is C25H16O. The van der Waals surface area contributed by atoms with Crippen molar-refractivity contribution >= 4 is 44.2 Å². The van der Waals surface area contributed by atoms with Gasteiger partial charge in [0.25, 0.3) is 0 Å². The molecule has 0 spiro atoms. The zero-order valence-electron chi connectivity index (χ0n) is 14.1. The average Bonchev–Trinajstić information content (AvgIpc) is 2.71. The molecule has 0 saturated carbocycles. The lowest BCUT2D eigenvalue weighted by Gasteiger charge is -2.12. The van der Waals surface area contributed by atoms with Crippen LogP contribution in [0.15, 0.2) is 91.0 Å². The molecule has 5 aromatic carbocycles. The van der Waals surface area contributed by atoms with E-state index in [9.17, 15) is 4.79 Å². The van der Waals surface area contributed by atoms with E-state index in [4.69, 9.17) is 0 Å². The Balaban J connectivity index is 1.71. The summed E-state index contributed by atoms with van der Waals surface area (Å²) in [5.41, 5.74) is 1.78. The summed E-state index contributed by atoms with van der Waals surface area (Å²) < 4.78 is 0. The van der Waals surface area contributed by atoms with Gasteiger partial charge in [0, 0.05) is 5.56 Å². The molecule has 26 heavy (non-hydrogen) atoms. The minimum atomic E-state index is 0.0341. The van der Waals surface area contributed by atoms with Crippen molar-refractivity contribution in [2.24, 2.45) is 0 Å². The van der Waals surface area contributed by atoms with Gasteiger partial charge in [-0.15, -0.1) is 0 Å². The molecule has 0 atom stereocenters. The highest BCUT2D eigenvalue weighted by atomic mass is 16.1. The highest BCUT2D eigenvalue weighted by Gasteiger charge is 2.13. The number of benzene rings is 5. The molecule has 0 bridgehead atoms. The molecule has 5 rings (SSSR count). The Hall–Kier alpha value is -3.45. The van der Waals surface area contributed by atoms with Gasteiger partial charge in [-0.3, -0.25) is 4.79 Å². The Morgan fingerprint density at radius 1 is 0.615 bits per heavy atom. The van der Waals surface area contributed by atoms with Crippen LogP contribution in [0.25, 0.3) is 38.4 Å². The lowest BCUT2D eigenvalue weighted by Crippen LogP contribution is -1.97. The maximum absolute atomic E-state index is 12.9. The first kappa shape index (κ1) is 14.9. The molecule has 0 amide bonds. The van der Waals surface area contributed by atoms with Gasteiger partial charge >= 0.3 is 0 Å². The second-order valence-corrected chi connectivity index (χ2v) is 6.58. The first-order chi connectivity index (χ1) is 12.8. The first-order valence-electron chi connectivity index (χ1n) is 8.75. The molecule has 0 fully saturated rings. The fraction of sp³-hybridized carbons (Fsp3) is 0. The fourth-order valence-electron chi connectivity index (χ4n) is 3.78. The Morgan fingerprint density at radius 3 is 2.04 bits per heavy atom. The number of ketones is 1. The first-order valence-corrected chi connectivity index (χ1v) is 8.75. The van der Waals surface area contributed by atoms with Crippen LogP contribution >= 0.6 is 0 Å². The van der Waals surface area contributed by atoms with Crippen molar-refractivity contribution in [3.05, 3.63) is 102 Å². The van der Waals surface area contributed by atoms with Crippen LogP contribution in [-0.2, 0) is 0 Å². The topological polar surface area (TPSA) is 17.1 Å². The third kappa shape index (κ3) is 2.29. The Bertz CT molecular complexity index is 1260. The van der Waals surface area contributed by atoms with Gasteiger partial charge in [0.2, 0.25) is 0 Å². The molecule has 122 valence electrons. The van der Waals surface area contributed by atoms with Crippen molar-refractivity contribution < 1.29 is 4.79 Å². The largest absolute Gasteiger partial charge is 0.289 e. The van der Waals surface area contributed by atoms with Crippen molar-refractivity contribution in [1.29, 1.82) is 0 Å². The standard InChI is InChI=1S/C25H16O/c26-23(16-9-17-5-2-1-3-6-17)21-14-12-20-11-10-18-7-4-8-19-13-15-22(21)25(20)24(18)19/h1-16H. The van der Waals surface area contributed by atoms with Gasteiger partial charge in [-0.25, -0.2) is 0 Å². The Labute approximate surface area is 151 Å². The van der Waals surface area contributed by atoms with Crippen LogP contribution < -0.4 is 0 Å². The molecule has 5 aromatic rings. The zero-order valence-corrected chi connectivity index (χ0v) is 14.1. The summed E-state index contributed by atoms with van der Waals surface area (Å²) in [7, 11) is 0. The predicted molar refractivity (Wildman–Crippen MR) is 110 cm³/mol. The molecule has 1 nitrogen and oxygen atoms in total. The summed E-state index contributed by atoms with van der Waals surface area (Å²) in [5, 5.41) is 7.04. The second-order valence-electron chi connectivity index (χ2n) is 6.58. The molecule has 0 N–H and O–H groups in total. The van der Waals surface area contributed by atoms with Crippen LogP contribution in [0.1, 0.15) is 15.9 Å². The van der Waals surface area contributed by atoms with E-state index in [2.05, 4.69) is 48.5 Å². The molecule has 0 aliphatic rings. The van der Waals surface area contributed by atoms with Gasteiger partial charge in [-0.1, -0.05) is 84.9 Å². The number of carbonyl (C=O) groups is 1. The minimum absolute atomic E-state index is 0.0341. The summed E-state index contributed by atoms with van der Waals surface area (Å²) in [5.74, 6) is 0.0341. The quantitative estimate of drug-likeness (QED) is 0.210. The molecule has 0 aliphatic heterocycles. The smallest absolute Gasteiger partial charge is 0.186 e. The summed E-state index contributed by atoms with van der Waals surface area (Å²) >= 11 is 0. The van der Waals surface area contributed by atoms with E-state index in [1.54, 1.807) is 6.08 Å². The van der Waals surface area contributed by atoms with Gasteiger partial charge in [-0.2, -0.15) is 0 Å². The maximum Gasteiger partial charge on any atom is 0.186 e. The number of hydrogen-bond donors (Lipinski definition) is 0. The van der Waals surface area contributed by atoms with Crippen LogP contribution in [0.4, 0.5) is 0 Å². The fourth-order valence-corrected chi connectivity index (χ4v) is 3.78. The molecular weight excluding hydrogens is 316 g/mol. The second kappa shape index (κ2) is 5.82. The SMILES string of the molecule is O=C(C=Cc1ccccc1)c1ccc2ccc3cccc4ccc1c2c34. The van der Waals surface area contributed by atoms with Gasteiger partial charge in [0.05, 0.1) is 0 Å². The predicted octanol–water partition coefficient (Wildman–Crippen LogP) is 6.48. The van der Waals surface area contributed by atoms with Gasteiger partial charge in [0.1, 0.15) is 0 Å². The lowest BCUT2D eigenvalue weighted by atomic mass is 9.91. The zero-order chi connectivity index (χ0) is 17.5. The third-order valence-electron chi connectivity index (χ3n) is 5.02. The number of allylic oxidation sites excluding steroid dienone is 1. The molecule has 0 aromatic heterocycles. The average molecular weight is 332 g/mol. The van der Waals surface area contributed by atoms with Crippen molar-refractivity contribution in [3.8, 4) is 0 Å². The molecule has 0 saturated heterocycles. The number of rotatable bonds is 3. The Kier molecular flexibility index (Phi) is 3.32. The van der Waals surface area contributed by atoms with Crippen molar-refractivity contribution in [3.63, 3.8) is 0 Å². The van der Waals surface area contributed by atoms with Crippen molar-refractivity contribution in [2.75, 3.05) is 0 Å². The molecule has 0 unspecified atom stereocenters. The molecule has 1 heteroatoms. The summed E-state index contributed by atoms with van der Waals surface area (Å²) in [6, 6.07) is 28.7. The van der Waals surface area contributed by atoms with Crippen LogP contribution in [0.5, 0.6) is 0 Å². The highest BCUT2D eigenvalue weighted by molar-refractivity contribution is 6.27.